The minimum Gasteiger partial charge on any atom is -0.394 e. The van der Waals surface area contributed by atoms with E-state index in [2.05, 4.69) is 10.3 Å². The normalized spacial score (nSPS) is 10.9. The molecule has 74 valence electrons. The van der Waals surface area contributed by atoms with Gasteiger partial charge in [-0.05, 0) is 12.1 Å². The van der Waals surface area contributed by atoms with Gasteiger partial charge in [-0.3, -0.25) is 0 Å². The third kappa shape index (κ3) is 1.10. The van der Waals surface area contributed by atoms with E-state index in [-0.39, 0.29) is 0 Å². The first-order valence-electron chi connectivity index (χ1n) is 4.49. The minimum atomic E-state index is 0.522. The third-order valence-corrected chi connectivity index (χ3v) is 2.27. The Balaban J connectivity index is 2.32. The lowest BCUT2D eigenvalue weighted by Gasteiger charge is -1.94. The van der Waals surface area contributed by atoms with Crippen LogP contribution in [0, 0.1) is 0 Å². The Morgan fingerprint density at radius 1 is 1.27 bits per heavy atom. The Kier molecular flexibility index (Phi) is 1.53. The van der Waals surface area contributed by atoms with Crippen molar-refractivity contribution in [3.8, 4) is 11.3 Å². The zero-order valence-corrected chi connectivity index (χ0v) is 7.79. The van der Waals surface area contributed by atoms with Gasteiger partial charge in [-0.2, -0.15) is 5.10 Å². The SMILES string of the molecule is Nc1cnoc1-c1cnn2ccccc12. The molecule has 0 fully saturated rings. The van der Waals surface area contributed by atoms with Crippen LogP contribution >= 0.6 is 0 Å². The maximum absolute atomic E-state index is 5.73. The number of rotatable bonds is 1. The molecule has 3 aromatic rings. The lowest BCUT2D eigenvalue weighted by atomic mass is 10.2. The number of fused-ring (bicyclic) bond motifs is 1. The van der Waals surface area contributed by atoms with Gasteiger partial charge in [0.2, 0.25) is 0 Å². The second kappa shape index (κ2) is 2.84. The van der Waals surface area contributed by atoms with E-state index in [9.17, 15) is 0 Å². The third-order valence-electron chi connectivity index (χ3n) is 2.27. The second-order valence-corrected chi connectivity index (χ2v) is 3.20. The van der Waals surface area contributed by atoms with Gasteiger partial charge in [0.25, 0.3) is 0 Å². The highest BCUT2D eigenvalue weighted by Gasteiger charge is 2.12. The quantitative estimate of drug-likeness (QED) is 0.647. The molecule has 2 N–H and O–H groups in total. The van der Waals surface area contributed by atoms with Crippen molar-refractivity contribution in [1.82, 2.24) is 14.8 Å². The maximum Gasteiger partial charge on any atom is 0.193 e. The summed E-state index contributed by atoms with van der Waals surface area (Å²) in [7, 11) is 0. The van der Waals surface area contributed by atoms with Crippen LogP contribution in [0.3, 0.4) is 0 Å². The summed E-state index contributed by atoms with van der Waals surface area (Å²) in [4.78, 5) is 0. The molecule has 0 radical (unpaired) electrons. The smallest absolute Gasteiger partial charge is 0.193 e. The van der Waals surface area contributed by atoms with E-state index in [0.717, 1.165) is 11.1 Å². The van der Waals surface area contributed by atoms with Crippen LogP contribution in [0.25, 0.3) is 16.8 Å². The van der Waals surface area contributed by atoms with Crippen LogP contribution in [-0.2, 0) is 0 Å². The van der Waals surface area contributed by atoms with E-state index < -0.39 is 0 Å². The number of hydrogen-bond donors (Lipinski definition) is 1. The molecule has 0 aliphatic heterocycles. The molecule has 5 nitrogen and oxygen atoms in total. The molecule has 3 heterocycles. The summed E-state index contributed by atoms with van der Waals surface area (Å²) in [6, 6.07) is 5.80. The first-order valence-corrected chi connectivity index (χ1v) is 4.49. The molecule has 3 aromatic heterocycles. The summed E-state index contributed by atoms with van der Waals surface area (Å²) in [6.07, 6.45) is 5.07. The predicted molar refractivity (Wildman–Crippen MR) is 55.1 cm³/mol. The molecule has 0 amide bonds. The van der Waals surface area contributed by atoms with Crippen LogP contribution in [-0.4, -0.2) is 14.8 Å². The highest BCUT2D eigenvalue weighted by Crippen LogP contribution is 2.28. The predicted octanol–water partition coefficient (Wildman–Crippen LogP) is 1.57. The van der Waals surface area contributed by atoms with Crippen molar-refractivity contribution in [1.29, 1.82) is 0 Å². The summed E-state index contributed by atoms with van der Waals surface area (Å²) in [5.41, 5.74) is 8.05. The zero-order valence-electron chi connectivity index (χ0n) is 7.79. The van der Waals surface area contributed by atoms with Crippen LogP contribution in [0.15, 0.2) is 41.3 Å². The topological polar surface area (TPSA) is 69.3 Å². The molecule has 3 rings (SSSR count). The standard InChI is InChI=1S/C10H8N4O/c11-8-6-13-15-10(8)7-5-12-14-4-2-1-3-9(7)14/h1-6H,11H2. The first-order chi connectivity index (χ1) is 7.36. The number of nitrogens with zero attached hydrogens (tertiary/aromatic N) is 3. The van der Waals surface area contributed by atoms with E-state index in [4.69, 9.17) is 10.3 Å². The Morgan fingerprint density at radius 3 is 3.00 bits per heavy atom. The Bertz CT molecular complexity index is 610. The summed E-state index contributed by atoms with van der Waals surface area (Å²) < 4.78 is 6.85. The molecule has 0 saturated heterocycles. The maximum atomic E-state index is 5.73. The number of anilines is 1. The van der Waals surface area contributed by atoms with Crippen molar-refractivity contribution in [2.24, 2.45) is 0 Å². The lowest BCUT2D eigenvalue weighted by Crippen LogP contribution is -1.85. The molecule has 0 unspecified atom stereocenters. The van der Waals surface area contributed by atoms with Gasteiger partial charge < -0.3 is 10.3 Å². The molecule has 15 heavy (non-hydrogen) atoms. The Morgan fingerprint density at radius 2 is 2.20 bits per heavy atom. The van der Waals surface area contributed by atoms with Gasteiger partial charge in [0.05, 0.1) is 23.5 Å². The highest BCUT2D eigenvalue weighted by molar-refractivity contribution is 5.82. The molecule has 0 aliphatic carbocycles. The van der Waals surface area contributed by atoms with E-state index in [1.807, 2.05) is 24.4 Å². The van der Waals surface area contributed by atoms with Gasteiger partial charge in [0, 0.05) is 6.20 Å². The Hall–Kier alpha value is -2.30. The van der Waals surface area contributed by atoms with E-state index in [1.165, 1.54) is 6.20 Å². The molecule has 0 bridgehead atoms. The average Bonchev–Trinajstić information content (AvgIpc) is 2.83. The van der Waals surface area contributed by atoms with E-state index in [0.29, 0.717) is 11.4 Å². The summed E-state index contributed by atoms with van der Waals surface area (Å²) in [5, 5.41) is 7.84. The first kappa shape index (κ1) is 8.05. The van der Waals surface area contributed by atoms with Crippen molar-refractivity contribution in [2.75, 3.05) is 5.73 Å². The summed E-state index contributed by atoms with van der Waals surface area (Å²) in [5.74, 6) is 0.566. The molecular weight excluding hydrogens is 192 g/mol. The summed E-state index contributed by atoms with van der Waals surface area (Å²) >= 11 is 0. The molecule has 0 spiro atoms. The molecule has 0 saturated carbocycles. The van der Waals surface area contributed by atoms with Gasteiger partial charge in [0.15, 0.2) is 5.76 Å². The van der Waals surface area contributed by atoms with Crippen LogP contribution < -0.4 is 5.73 Å². The van der Waals surface area contributed by atoms with Crippen LogP contribution in [0.4, 0.5) is 5.69 Å². The van der Waals surface area contributed by atoms with E-state index >= 15 is 0 Å². The number of hydrogen-bond acceptors (Lipinski definition) is 4. The fourth-order valence-electron chi connectivity index (χ4n) is 1.56. The van der Waals surface area contributed by atoms with Crippen molar-refractivity contribution in [3.63, 3.8) is 0 Å². The molecule has 0 aliphatic rings. The average molecular weight is 200 g/mol. The van der Waals surface area contributed by atoms with Gasteiger partial charge in [-0.1, -0.05) is 11.2 Å². The number of nitrogen functional groups attached to an aromatic ring is 1. The summed E-state index contributed by atoms with van der Waals surface area (Å²) in [6.45, 7) is 0. The molecule has 0 aromatic carbocycles. The van der Waals surface area contributed by atoms with Gasteiger partial charge in [-0.25, -0.2) is 4.52 Å². The van der Waals surface area contributed by atoms with Crippen LogP contribution in [0.2, 0.25) is 0 Å². The monoisotopic (exact) mass is 200 g/mol. The molecule has 5 heteroatoms. The van der Waals surface area contributed by atoms with Gasteiger partial charge in [-0.15, -0.1) is 0 Å². The number of aromatic nitrogens is 3. The molecule has 0 atom stereocenters. The van der Waals surface area contributed by atoms with Crippen molar-refractivity contribution in [2.45, 2.75) is 0 Å². The van der Waals surface area contributed by atoms with Crippen molar-refractivity contribution < 1.29 is 4.52 Å². The van der Waals surface area contributed by atoms with Gasteiger partial charge in [0.1, 0.15) is 5.69 Å². The Labute approximate surface area is 85.1 Å². The van der Waals surface area contributed by atoms with Gasteiger partial charge >= 0.3 is 0 Å². The zero-order chi connectivity index (χ0) is 10.3. The van der Waals surface area contributed by atoms with Crippen LogP contribution in [0.5, 0.6) is 0 Å². The minimum absolute atomic E-state index is 0.522. The second-order valence-electron chi connectivity index (χ2n) is 3.20. The van der Waals surface area contributed by atoms with Crippen molar-refractivity contribution >= 4 is 11.2 Å². The lowest BCUT2D eigenvalue weighted by molar-refractivity contribution is 0.433. The fourth-order valence-corrected chi connectivity index (χ4v) is 1.56. The van der Waals surface area contributed by atoms with Crippen LogP contribution in [0.1, 0.15) is 0 Å². The molecular formula is C10H8N4O. The van der Waals surface area contributed by atoms with Crippen molar-refractivity contribution in [3.05, 3.63) is 36.8 Å². The largest absolute Gasteiger partial charge is 0.394 e. The highest BCUT2D eigenvalue weighted by atomic mass is 16.5. The number of nitrogens with two attached hydrogens (primary N) is 1. The fraction of sp³-hybridized carbons (Fsp3) is 0. The number of pyridine rings is 1. The van der Waals surface area contributed by atoms with E-state index in [1.54, 1.807) is 10.7 Å².